The number of nitrogens with zero attached hydrogens (tertiary/aromatic N) is 2. The summed E-state index contributed by atoms with van der Waals surface area (Å²) < 4.78 is 5.16. The molecule has 6 nitrogen and oxygen atoms in total. The maximum atomic E-state index is 12.2. The van der Waals surface area contributed by atoms with Crippen LogP contribution < -0.4 is 5.32 Å². The van der Waals surface area contributed by atoms with E-state index in [9.17, 15) is 10.1 Å². The number of aromatic amines is 1. The van der Waals surface area contributed by atoms with Gasteiger partial charge in [-0.3, -0.25) is 9.89 Å². The highest BCUT2D eigenvalue weighted by Crippen LogP contribution is 2.23. The van der Waals surface area contributed by atoms with E-state index < -0.39 is 5.91 Å². The van der Waals surface area contributed by atoms with Crippen molar-refractivity contribution in [2.45, 2.75) is 13.5 Å². The van der Waals surface area contributed by atoms with Crippen molar-refractivity contribution in [1.82, 2.24) is 15.5 Å². The van der Waals surface area contributed by atoms with E-state index >= 15 is 0 Å². The molecule has 2 aromatic heterocycles. The molecule has 2 N–H and O–H groups in total. The Hall–Kier alpha value is -3.59. The molecule has 0 saturated heterocycles. The molecule has 0 atom stereocenters. The van der Waals surface area contributed by atoms with E-state index in [1.54, 1.807) is 18.3 Å². The second-order valence-electron chi connectivity index (χ2n) is 5.50. The van der Waals surface area contributed by atoms with E-state index in [-0.39, 0.29) is 12.1 Å². The summed E-state index contributed by atoms with van der Waals surface area (Å²) >= 11 is 0. The number of furan rings is 1. The molecule has 6 heteroatoms. The van der Waals surface area contributed by atoms with Gasteiger partial charge in [-0.1, -0.05) is 29.8 Å². The molecule has 0 spiro atoms. The number of aryl methyl sites for hydroxylation is 1. The van der Waals surface area contributed by atoms with Crippen molar-refractivity contribution in [3.63, 3.8) is 0 Å². The molecule has 1 amide bonds. The largest absolute Gasteiger partial charge is 0.467 e. The standard InChI is InChI=1S/C19H16N4O2/c1-13-4-6-14(7-5-13)18-16(11-22-23-18)9-15(10-20)19(24)21-12-17-3-2-8-25-17/h2-9,11H,12H2,1H3,(H,21,24)(H,22,23)/b15-9+. The molecule has 1 aromatic carbocycles. The first kappa shape index (κ1) is 16.3. The van der Waals surface area contributed by atoms with E-state index in [1.807, 2.05) is 37.3 Å². The van der Waals surface area contributed by atoms with Crippen molar-refractivity contribution >= 4 is 12.0 Å². The number of hydrogen-bond acceptors (Lipinski definition) is 4. The predicted molar refractivity (Wildman–Crippen MR) is 92.9 cm³/mol. The molecule has 0 unspecified atom stereocenters. The zero-order chi connectivity index (χ0) is 17.6. The molecule has 124 valence electrons. The van der Waals surface area contributed by atoms with Gasteiger partial charge in [-0.05, 0) is 25.1 Å². The van der Waals surface area contributed by atoms with Crippen molar-refractivity contribution in [2.24, 2.45) is 0 Å². The lowest BCUT2D eigenvalue weighted by molar-refractivity contribution is -0.117. The maximum absolute atomic E-state index is 12.2. The highest BCUT2D eigenvalue weighted by atomic mass is 16.3. The Bertz CT molecular complexity index is 929. The normalized spacial score (nSPS) is 11.1. The summed E-state index contributed by atoms with van der Waals surface area (Å²) in [6.07, 6.45) is 4.64. The second kappa shape index (κ2) is 7.32. The minimum Gasteiger partial charge on any atom is -0.467 e. The number of amides is 1. The van der Waals surface area contributed by atoms with Crippen molar-refractivity contribution in [3.8, 4) is 17.3 Å². The van der Waals surface area contributed by atoms with Crippen LogP contribution in [0.2, 0.25) is 0 Å². The van der Waals surface area contributed by atoms with Crippen molar-refractivity contribution in [3.05, 3.63) is 71.3 Å². The molecular formula is C19H16N4O2. The number of hydrogen-bond donors (Lipinski definition) is 2. The fourth-order valence-electron chi connectivity index (χ4n) is 2.34. The molecule has 3 aromatic rings. The molecule has 0 fully saturated rings. The number of H-pyrrole nitrogens is 1. The smallest absolute Gasteiger partial charge is 0.262 e. The summed E-state index contributed by atoms with van der Waals surface area (Å²) in [5.41, 5.74) is 3.51. The van der Waals surface area contributed by atoms with Gasteiger partial charge in [0.05, 0.1) is 24.7 Å². The third-order valence-corrected chi connectivity index (χ3v) is 3.68. The molecule has 25 heavy (non-hydrogen) atoms. The predicted octanol–water partition coefficient (Wildman–Crippen LogP) is 3.20. The lowest BCUT2D eigenvalue weighted by Gasteiger charge is -2.03. The lowest BCUT2D eigenvalue weighted by Crippen LogP contribution is -2.23. The van der Waals surface area contributed by atoms with Crippen molar-refractivity contribution < 1.29 is 9.21 Å². The van der Waals surface area contributed by atoms with Gasteiger partial charge in [-0.25, -0.2) is 0 Å². The summed E-state index contributed by atoms with van der Waals surface area (Å²) in [7, 11) is 0. The van der Waals surface area contributed by atoms with Gasteiger partial charge in [-0.2, -0.15) is 10.4 Å². The molecule has 0 aliphatic carbocycles. The van der Waals surface area contributed by atoms with Gasteiger partial charge in [0, 0.05) is 11.1 Å². The zero-order valence-corrected chi connectivity index (χ0v) is 13.6. The van der Waals surface area contributed by atoms with Crippen LogP contribution >= 0.6 is 0 Å². The summed E-state index contributed by atoms with van der Waals surface area (Å²) in [5, 5.41) is 18.9. The molecular weight excluding hydrogens is 316 g/mol. The van der Waals surface area contributed by atoms with Crippen LogP contribution in [0.4, 0.5) is 0 Å². The highest BCUT2D eigenvalue weighted by Gasteiger charge is 2.12. The van der Waals surface area contributed by atoms with Crippen LogP contribution in [0, 0.1) is 18.3 Å². The van der Waals surface area contributed by atoms with Gasteiger partial charge in [0.25, 0.3) is 5.91 Å². The van der Waals surface area contributed by atoms with Gasteiger partial charge in [0.2, 0.25) is 0 Å². The lowest BCUT2D eigenvalue weighted by atomic mass is 10.0. The van der Waals surface area contributed by atoms with Crippen LogP contribution in [0.5, 0.6) is 0 Å². The fourth-order valence-corrected chi connectivity index (χ4v) is 2.34. The van der Waals surface area contributed by atoms with Gasteiger partial charge >= 0.3 is 0 Å². The number of benzene rings is 1. The van der Waals surface area contributed by atoms with E-state index in [0.29, 0.717) is 11.3 Å². The van der Waals surface area contributed by atoms with Crippen LogP contribution in [0.25, 0.3) is 17.3 Å². The molecule has 0 aliphatic rings. The van der Waals surface area contributed by atoms with E-state index in [1.165, 1.54) is 12.3 Å². The van der Waals surface area contributed by atoms with Crippen LogP contribution in [-0.4, -0.2) is 16.1 Å². The Morgan fingerprint density at radius 2 is 2.16 bits per heavy atom. The number of carbonyl (C=O) groups excluding carboxylic acids is 1. The quantitative estimate of drug-likeness (QED) is 0.554. The van der Waals surface area contributed by atoms with Gasteiger partial charge in [0.15, 0.2) is 0 Å². The Labute approximate surface area is 144 Å². The summed E-state index contributed by atoms with van der Waals surface area (Å²) in [4.78, 5) is 12.2. The Kier molecular flexibility index (Phi) is 4.77. The molecule has 0 radical (unpaired) electrons. The molecule has 2 heterocycles. The van der Waals surface area contributed by atoms with Crippen molar-refractivity contribution in [1.29, 1.82) is 5.26 Å². The van der Waals surface area contributed by atoms with Gasteiger partial charge < -0.3 is 9.73 Å². The monoisotopic (exact) mass is 332 g/mol. The molecule has 0 saturated carbocycles. The highest BCUT2D eigenvalue weighted by molar-refractivity contribution is 6.02. The molecule has 0 bridgehead atoms. The van der Waals surface area contributed by atoms with Gasteiger partial charge in [-0.15, -0.1) is 0 Å². The minimum absolute atomic E-state index is 0.00122. The number of rotatable bonds is 5. The third kappa shape index (κ3) is 3.85. The average Bonchev–Trinajstić information content (AvgIpc) is 3.30. The van der Waals surface area contributed by atoms with E-state index in [2.05, 4.69) is 15.5 Å². The Morgan fingerprint density at radius 1 is 1.36 bits per heavy atom. The van der Waals surface area contributed by atoms with E-state index in [0.717, 1.165) is 16.8 Å². The zero-order valence-electron chi connectivity index (χ0n) is 13.6. The van der Waals surface area contributed by atoms with Crippen LogP contribution in [0.1, 0.15) is 16.9 Å². The van der Waals surface area contributed by atoms with Crippen LogP contribution in [0.15, 0.2) is 58.8 Å². The number of nitrogens with one attached hydrogen (secondary N) is 2. The fraction of sp³-hybridized carbons (Fsp3) is 0.105. The SMILES string of the molecule is Cc1ccc(-c2[nH]ncc2/C=C(\C#N)C(=O)NCc2ccco2)cc1. The van der Waals surface area contributed by atoms with Gasteiger partial charge in [0.1, 0.15) is 17.4 Å². The number of nitriles is 1. The molecule has 3 rings (SSSR count). The minimum atomic E-state index is -0.463. The average molecular weight is 332 g/mol. The first-order valence-electron chi connectivity index (χ1n) is 7.70. The maximum Gasteiger partial charge on any atom is 0.262 e. The topological polar surface area (TPSA) is 94.7 Å². The first-order chi connectivity index (χ1) is 12.2. The summed E-state index contributed by atoms with van der Waals surface area (Å²) in [6, 6.07) is 13.3. The summed E-state index contributed by atoms with van der Waals surface area (Å²) in [6.45, 7) is 2.23. The van der Waals surface area contributed by atoms with Crippen molar-refractivity contribution in [2.75, 3.05) is 0 Å². The third-order valence-electron chi connectivity index (χ3n) is 3.68. The Balaban J connectivity index is 1.81. The Morgan fingerprint density at radius 3 is 2.84 bits per heavy atom. The summed E-state index contributed by atoms with van der Waals surface area (Å²) in [5.74, 6) is 0.157. The van der Waals surface area contributed by atoms with E-state index in [4.69, 9.17) is 4.42 Å². The van der Waals surface area contributed by atoms with Crippen LogP contribution in [0.3, 0.4) is 0 Å². The van der Waals surface area contributed by atoms with Crippen LogP contribution in [-0.2, 0) is 11.3 Å². The number of aromatic nitrogens is 2. The first-order valence-corrected chi connectivity index (χ1v) is 7.70. The molecule has 0 aliphatic heterocycles. The number of carbonyl (C=O) groups is 1. The second-order valence-corrected chi connectivity index (χ2v) is 5.50.